The molecule has 0 atom stereocenters. The minimum Gasteiger partial charge on any atom is -0.493 e. The quantitative estimate of drug-likeness (QED) is 0.649. The maximum Gasteiger partial charge on any atom is 0.261 e. The molecule has 2 rings (SSSR count). The zero-order chi connectivity index (χ0) is 16.8. The Morgan fingerprint density at radius 3 is 2.61 bits per heavy atom. The molecule has 0 bridgehead atoms. The van der Waals surface area contributed by atoms with Crippen LogP contribution in [0.1, 0.15) is 17.0 Å². The molecule has 23 heavy (non-hydrogen) atoms. The first kappa shape index (κ1) is 16.5. The molecule has 1 heterocycles. The predicted octanol–water partition coefficient (Wildman–Crippen LogP) is 1.67. The Kier molecular flexibility index (Phi) is 5.35. The van der Waals surface area contributed by atoms with E-state index in [-0.39, 0.29) is 12.5 Å². The Morgan fingerprint density at radius 2 is 2.00 bits per heavy atom. The van der Waals surface area contributed by atoms with E-state index in [1.807, 2.05) is 26.0 Å². The molecule has 0 aliphatic heterocycles. The zero-order valence-electron chi connectivity index (χ0n) is 13.7. The molecule has 0 aliphatic carbocycles. The summed E-state index contributed by atoms with van der Waals surface area (Å²) in [6.07, 6.45) is 1.54. The van der Waals surface area contributed by atoms with E-state index < -0.39 is 0 Å². The summed E-state index contributed by atoms with van der Waals surface area (Å²) >= 11 is 0. The Bertz CT molecular complexity index is 722. The highest BCUT2D eigenvalue weighted by Gasteiger charge is 2.06. The molecule has 7 heteroatoms. The second kappa shape index (κ2) is 7.44. The molecule has 0 saturated carbocycles. The van der Waals surface area contributed by atoms with Gasteiger partial charge in [0.15, 0.2) is 11.5 Å². The number of methoxy groups -OCH3 is 2. The highest BCUT2D eigenvalue weighted by atomic mass is 16.5. The van der Waals surface area contributed by atoms with E-state index in [0.717, 1.165) is 17.0 Å². The summed E-state index contributed by atoms with van der Waals surface area (Å²) in [5.41, 5.74) is 5.08. The van der Waals surface area contributed by atoms with Gasteiger partial charge in [0.05, 0.1) is 26.1 Å². The number of aromatic nitrogens is 2. The van der Waals surface area contributed by atoms with Crippen LogP contribution in [0.2, 0.25) is 0 Å². The van der Waals surface area contributed by atoms with E-state index in [2.05, 4.69) is 15.6 Å². The molecule has 0 unspecified atom stereocenters. The van der Waals surface area contributed by atoms with E-state index in [1.54, 1.807) is 37.2 Å². The number of hydrogen-bond donors (Lipinski definition) is 1. The second-order valence-electron chi connectivity index (χ2n) is 4.99. The average Bonchev–Trinajstić information content (AvgIpc) is 2.84. The molecule has 1 aromatic carbocycles. The van der Waals surface area contributed by atoms with Gasteiger partial charge in [0.1, 0.15) is 6.54 Å². The summed E-state index contributed by atoms with van der Waals surface area (Å²) in [4.78, 5) is 11.9. The normalized spacial score (nSPS) is 10.8. The number of hydrogen-bond acceptors (Lipinski definition) is 5. The van der Waals surface area contributed by atoms with Gasteiger partial charge in [-0.25, -0.2) is 5.43 Å². The summed E-state index contributed by atoms with van der Waals surface area (Å²) in [5, 5.41) is 8.17. The van der Waals surface area contributed by atoms with Gasteiger partial charge in [-0.3, -0.25) is 9.48 Å². The molecule has 0 radical (unpaired) electrons. The third kappa shape index (κ3) is 4.32. The van der Waals surface area contributed by atoms with Crippen LogP contribution in [0.4, 0.5) is 0 Å². The standard InChI is InChI=1S/C16H20N4O3/c1-11-7-12(2)20(19-11)10-16(21)18-17-9-13-5-6-14(22-3)15(8-13)23-4/h5-9H,10H2,1-4H3,(H,18,21). The smallest absolute Gasteiger partial charge is 0.261 e. The second-order valence-corrected chi connectivity index (χ2v) is 4.99. The van der Waals surface area contributed by atoms with Crippen LogP contribution in [0.25, 0.3) is 0 Å². The third-order valence-corrected chi connectivity index (χ3v) is 3.21. The predicted molar refractivity (Wildman–Crippen MR) is 87.0 cm³/mol. The van der Waals surface area contributed by atoms with Crippen molar-refractivity contribution in [2.24, 2.45) is 5.10 Å². The topological polar surface area (TPSA) is 77.7 Å². The Labute approximate surface area is 134 Å². The van der Waals surface area contributed by atoms with Crippen molar-refractivity contribution < 1.29 is 14.3 Å². The van der Waals surface area contributed by atoms with Crippen molar-refractivity contribution in [1.29, 1.82) is 0 Å². The van der Waals surface area contributed by atoms with Gasteiger partial charge in [-0.15, -0.1) is 0 Å². The number of nitrogens with one attached hydrogen (secondary N) is 1. The number of nitrogens with zero attached hydrogens (tertiary/aromatic N) is 3. The van der Waals surface area contributed by atoms with Crippen molar-refractivity contribution in [3.63, 3.8) is 0 Å². The first-order valence-electron chi connectivity index (χ1n) is 7.08. The molecule has 1 aromatic heterocycles. The first-order chi connectivity index (χ1) is 11.0. The van der Waals surface area contributed by atoms with Crippen LogP contribution in [0.15, 0.2) is 29.4 Å². The van der Waals surface area contributed by atoms with Crippen molar-refractivity contribution in [3.05, 3.63) is 41.2 Å². The largest absolute Gasteiger partial charge is 0.493 e. The monoisotopic (exact) mass is 316 g/mol. The molecule has 2 aromatic rings. The number of benzene rings is 1. The van der Waals surface area contributed by atoms with Crippen molar-refractivity contribution >= 4 is 12.1 Å². The zero-order valence-corrected chi connectivity index (χ0v) is 13.7. The van der Waals surface area contributed by atoms with Crippen molar-refractivity contribution in [1.82, 2.24) is 15.2 Å². The van der Waals surface area contributed by atoms with Crippen LogP contribution in [0, 0.1) is 13.8 Å². The van der Waals surface area contributed by atoms with Crippen LogP contribution in [0.5, 0.6) is 11.5 Å². The molecule has 0 aliphatic rings. The molecule has 0 fully saturated rings. The van der Waals surface area contributed by atoms with Crippen LogP contribution in [-0.2, 0) is 11.3 Å². The highest BCUT2D eigenvalue weighted by molar-refractivity contribution is 5.83. The summed E-state index contributed by atoms with van der Waals surface area (Å²) in [6.45, 7) is 3.92. The molecule has 1 amide bonds. The van der Waals surface area contributed by atoms with E-state index >= 15 is 0 Å². The minimum absolute atomic E-state index is 0.128. The van der Waals surface area contributed by atoms with Crippen molar-refractivity contribution in [2.75, 3.05) is 14.2 Å². The maximum atomic E-state index is 11.9. The Balaban J connectivity index is 1.96. The molecule has 122 valence electrons. The summed E-state index contributed by atoms with van der Waals surface area (Å²) < 4.78 is 12.0. The fraction of sp³-hybridized carbons (Fsp3) is 0.312. The molecule has 0 spiro atoms. The maximum absolute atomic E-state index is 11.9. The third-order valence-electron chi connectivity index (χ3n) is 3.21. The van der Waals surface area contributed by atoms with Gasteiger partial charge in [0.2, 0.25) is 0 Å². The van der Waals surface area contributed by atoms with E-state index in [0.29, 0.717) is 11.5 Å². The number of carbonyl (C=O) groups excluding carboxylic acids is 1. The number of rotatable bonds is 6. The van der Waals surface area contributed by atoms with Gasteiger partial charge < -0.3 is 9.47 Å². The van der Waals surface area contributed by atoms with Crippen LogP contribution in [0.3, 0.4) is 0 Å². The van der Waals surface area contributed by atoms with Gasteiger partial charge in [0, 0.05) is 5.69 Å². The van der Waals surface area contributed by atoms with Crippen LogP contribution >= 0.6 is 0 Å². The van der Waals surface area contributed by atoms with Crippen LogP contribution < -0.4 is 14.9 Å². The lowest BCUT2D eigenvalue weighted by molar-refractivity contribution is -0.121. The molecular formula is C16H20N4O3. The van der Waals surface area contributed by atoms with Crippen molar-refractivity contribution in [3.8, 4) is 11.5 Å². The number of amides is 1. The van der Waals surface area contributed by atoms with Gasteiger partial charge in [0.25, 0.3) is 5.91 Å². The van der Waals surface area contributed by atoms with Gasteiger partial charge in [-0.2, -0.15) is 10.2 Å². The van der Waals surface area contributed by atoms with Gasteiger partial charge >= 0.3 is 0 Å². The molecule has 0 saturated heterocycles. The Hall–Kier alpha value is -2.83. The van der Waals surface area contributed by atoms with Gasteiger partial charge in [-0.05, 0) is 43.7 Å². The summed E-state index contributed by atoms with van der Waals surface area (Å²) in [6, 6.07) is 7.28. The number of ether oxygens (including phenoxy) is 2. The Morgan fingerprint density at radius 1 is 1.26 bits per heavy atom. The van der Waals surface area contributed by atoms with Gasteiger partial charge in [-0.1, -0.05) is 0 Å². The van der Waals surface area contributed by atoms with Crippen molar-refractivity contribution in [2.45, 2.75) is 20.4 Å². The molecular weight excluding hydrogens is 296 g/mol. The lowest BCUT2D eigenvalue weighted by Crippen LogP contribution is -2.24. The summed E-state index contributed by atoms with van der Waals surface area (Å²) in [5.74, 6) is 0.997. The summed E-state index contributed by atoms with van der Waals surface area (Å²) in [7, 11) is 3.14. The molecule has 1 N–H and O–H groups in total. The fourth-order valence-electron chi connectivity index (χ4n) is 2.12. The average molecular weight is 316 g/mol. The lowest BCUT2D eigenvalue weighted by Gasteiger charge is -2.07. The SMILES string of the molecule is COc1ccc(C=NNC(=O)Cn2nc(C)cc2C)cc1OC. The number of hydrazone groups is 1. The fourth-order valence-corrected chi connectivity index (χ4v) is 2.12. The minimum atomic E-state index is -0.243. The van der Waals surface area contributed by atoms with E-state index in [4.69, 9.17) is 9.47 Å². The first-order valence-corrected chi connectivity index (χ1v) is 7.08. The number of aryl methyl sites for hydroxylation is 2. The highest BCUT2D eigenvalue weighted by Crippen LogP contribution is 2.26. The lowest BCUT2D eigenvalue weighted by atomic mass is 10.2. The van der Waals surface area contributed by atoms with E-state index in [9.17, 15) is 4.79 Å². The number of carbonyl (C=O) groups is 1. The van der Waals surface area contributed by atoms with E-state index in [1.165, 1.54) is 0 Å². The molecule has 7 nitrogen and oxygen atoms in total. The van der Waals surface area contributed by atoms with Crippen LogP contribution in [-0.4, -0.2) is 36.1 Å².